The fourth-order valence-electron chi connectivity index (χ4n) is 5.41. The molecule has 1 unspecified atom stereocenters. The molecule has 192 valence electrons. The molecule has 0 saturated heterocycles. The molecule has 0 radical (unpaired) electrons. The number of aryl methyl sites for hydroxylation is 1. The average Bonchev–Trinajstić information content (AvgIpc) is 3.42. The monoisotopic (exact) mass is 504 g/mol. The van der Waals surface area contributed by atoms with Crippen molar-refractivity contribution < 1.29 is 9.53 Å². The van der Waals surface area contributed by atoms with Crippen molar-refractivity contribution in [2.45, 2.75) is 57.7 Å². The molecule has 4 aromatic rings. The Hall–Kier alpha value is -4.21. The highest BCUT2D eigenvalue weighted by molar-refractivity contribution is 5.93. The lowest BCUT2D eigenvalue weighted by molar-refractivity contribution is -0.121. The smallest absolute Gasteiger partial charge is 0.155 e. The number of hydrogen-bond donors (Lipinski definition) is 2. The second-order valence-corrected chi connectivity index (χ2v) is 10.2. The number of nitriles is 1. The van der Waals surface area contributed by atoms with Crippen LogP contribution in [0.4, 0.5) is 5.69 Å². The van der Waals surface area contributed by atoms with Gasteiger partial charge in [0.15, 0.2) is 5.78 Å². The third-order valence-corrected chi connectivity index (χ3v) is 7.65. The number of pyridine rings is 1. The first-order valence-corrected chi connectivity index (χ1v) is 13.0. The molecule has 1 aromatic heterocycles. The van der Waals surface area contributed by atoms with Crippen LogP contribution < -0.4 is 15.8 Å². The van der Waals surface area contributed by atoms with Gasteiger partial charge < -0.3 is 15.8 Å². The first kappa shape index (κ1) is 25.4. The van der Waals surface area contributed by atoms with Gasteiger partial charge in [-0.15, -0.1) is 0 Å². The number of carbonyl (C=O) groups is 1. The topological polar surface area (TPSA) is 101 Å². The molecule has 1 aliphatic carbocycles. The van der Waals surface area contributed by atoms with Crippen molar-refractivity contribution in [1.29, 1.82) is 5.26 Å². The second-order valence-electron chi connectivity index (χ2n) is 10.2. The standard InChI is InChI=1S/C32H32N4O2/c1-21-16-26-25(18-28(21)36-32(22(2)37)13-6-7-14-32)12-15-35-31(26)30(34)27-17-24(19-33)10-11-29(27)38-20-23-8-4-3-5-9-23/h3-5,8-12,15-18,30,36H,6-7,13-14,20,34H2,1-2H3. The molecule has 6 heteroatoms. The number of fused-ring (bicyclic) bond motifs is 1. The van der Waals surface area contributed by atoms with Crippen molar-refractivity contribution in [3.8, 4) is 11.8 Å². The van der Waals surface area contributed by atoms with Gasteiger partial charge in [-0.2, -0.15) is 5.26 Å². The van der Waals surface area contributed by atoms with Crippen molar-refractivity contribution >= 4 is 22.2 Å². The van der Waals surface area contributed by atoms with E-state index in [-0.39, 0.29) is 5.78 Å². The molecule has 0 bridgehead atoms. The molecule has 0 spiro atoms. The summed E-state index contributed by atoms with van der Waals surface area (Å²) in [6.07, 6.45) is 5.57. The minimum absolute atomic E-state index is 0.187. The molecule has 1 atom stereocenters. The van der Waals surface area contributed by atoms with Gasteiger partial charge in [-0.25, -0.2) is 0 Å². The molecule has 1 saturated carbocycles. The van der Waals surface area contributed by atoms with Crippen LogP contribution in [0.5, 0.6) is 5.75 Å². The Morgan fingerprint density at radius 2 is 1.89 bits per heavy atom. The van der Waals surface area contributed by atoms with Crippen LogP contribution in [0.1, 0.15) is 66.6 Å². The van der Waals surface area contributed by atoms with Gasteiger partial charge in [0.1, 0.15) is 12.4 Å². The average molecular weight is 505 g/mol. The Balaban J connectivity index is 1.51. The number of nitrogens with two attached hydrogens (primary N) is 1. The summed E-state index contributed by atoms with van der Waals surface area (Å²) < 4.78 is 6.17. The van der Waals surface area contributed by atoms with Crippen molar-refractivity contribution in [3.05, 3.63) is 101 Å². The van der Waals surface area contributed by atoms with E-state index >= 15 is 0 Å². The summed E-state index contributed by atoms with van der Waals surface area (Å²) in [5.74, 6) is 0.811. The highest BCUT2D eigenvalue weighted by atomic mass is 16.5. The first-order valence-electron chi connectivity index (χ1n) is 13.0. The predicted molar refractivity (Wildman–Crippen MR) is 150 cm³/mol. The molecule has 6 nitrogen and oxygen atoms in total. The minimum Gasteiger partial charge on any atom is -0.489 e. The Kier molecular flexibility index (Phi) is 7.13. The Morgan fingerprint density at radius 1 is 1.13 bits per heavy atom. The lowest BCUT2D eigenvalue weighted by atomic mass is 9.91. The van der Waals surface area contributed by atoms with E-state index < -0.39 is 11.6 Å². The summed E-state index contributed by atoms with van der Waals surface area (Å²) >= 11 is 0. The third-order valence-electron chi connectivity index (χ3n) is 7.65. The number of anilines is 1. The molecule has 5 rings (SSSR count). The van der Waals surface area contributed by atoms with Crippen LogP contribution in [0.25, 0.3) is 10.8 Å². The van der Waals surface area contributed by atoms with E-state index in [0.717, 1.165) is 53.3 Å². The highest BCUT2D eigenvalue weighted by Gasteiger charge is 2.38. The van der Waals surface area contributed by atoms with Gasteiger partial charge >= 0.3 is 0 Å². The Morgan fingerprint density at radius 3 is 2.61 bits per heavy atom. The molecule has 3 aromatic carbocycles. The maximum Gasteiger partial charge on any atom is 0.155 e. The molecule has 1 aliphatic rings. The van der Waals surface area contributed by atoms with Crippen LogP contribution >= 0.6 is 0 Å². The number of hydrogen-bond acceptors (Lipinski definition) is 6. The maximum absolute atomic E-state index is 12.6. The Labute approximate surface area is 223 Å². The van der Waals surface area contributed by atoms with Crippen LogP contribution in [0, 0.1) is 18.3 Å². The predicted octanol–water partition coefficient (Wildman–Crippen LogP) is 6.36. The lowest BCUT2D eigenvalue weighted by Gasteiger charge is -2.30. The third kappa shape index (κ3) is 4.98. The van der Waals surface area contributed by atoms with Gasteiger partial charge in [0.2, 0.25) is 0 Å². The van der Waals surface area contributed by atoms with E-state index in [0.29, 0.717) is 29.2 Å². The number of nitrogens with zero attached hydrogens (tertiary/aromatic N) is 2. The van der Waals surface area contributed by atoms with Crippen LogP contribution in [-0.2, 0) is 11.4 Å². The Bertz CT molecular complexity index is 1520. The van der Waals surface area contributed by atoms with E-state index in [1.165, 1.54) is 0 Å². The minimum atomic E-state index is -0.602. The van der Waals surface area contributed by atoms with E-state index in [9.17, 15) is 10.1 Å². The van der Waals surface area contributed by atoms with Gasteiger partial charge in [-0.05, 0) is 79.6 Å². The number of ketones is 1. The van der Waals surface area contributed by atoms with Crippen LogP contribution in [0.15, 0.2) is 72.9 Å². The van der Waals surface area contributed by atoms with Crippen LogP contribution in [0.2, 0.25) is 0 Å². The van der Waals surface area contributed by atoms with Crippen LogP contribution in [0.3, 0.4) is 0 Å². The molecule has 0 amide bonds. The van der Waals surface area contributed by atoms with Crippen molar-refractivity contribution in [2.24, 2.45) is 5.73 Å². The number of nitrogens with one attached hydrogen (secondary N) is 1. The number of rotatable bonds is 8. The molecule has 0 aliphatic heterocycles. The summed E-state index contributed by atoms with van der Waals surface area (Å²) in [5, 5.41) is 15.1. The van der Waals surface area contributed by atoms with E-state index in [1.54, 1.807) is 31.3 Å². The first-order chi connectivity index (χ1) is 18.4. The quantitative estimate of drug-likeness (QED) is 0.290. The van der Waals surface area contributed by atoms with Crippen molar-refractivity contribution in [1.82, 2.24) is 4.98 Å². The second kappa shape index (κ2) is 10.6. The number of Topliss-reactive ketones (excluding diaryl/α,β-unsaturated/α-hetero) is 1. The SMILES string of the molecule is CC(=O)C1(Nc2cc3ccnc(C(N)c4cc(C#N)ccc4OCc4ccccc4)c3cc2C)CCCC1. The van der Waals surface area contributed by atoms with Gasteiger partial charge in [0.25, 0.3) is 0 Å². The van der Waals surface area contributed by atoms with E-state index in [2.05, 4.69) is 28.5 Å². The zero-order chi connectivity index (χ0) is 26.7. The molecular formula is C32H32N4O2. The number of benzene rings is 3. The molecule has 3 N–H and O–H groups in total. The molecular weight excluding hydrogens is 472 g/mol. The summed E-state index contributed by atoms with van der Waals surface area (Å²) in [7, 11) is 0. The van der Waals surface area contributed by atoms with Gasteiger partial charge in [-0.1, -0.05) is 43.2 Å². The fraction of sp³-hybridized carbons (Fsp3) is 0.281. The lowest BCUT2D eigenvalue weighted by Crippen LogP contribution is -2.42. The fourth-order valence-corrected chi connectivity index (χ4v) is 5.41. The van der Waals surface area contributed by atoms with Gasteiger partial charge in [-0.3, -0.25) is 9.78 Å². The van der Waals surface area contributed by atoms with Crippen molar-refractivity contribution in [2.75, 3.05) is 5.32 Å². The van der Waals surface area contributed by atoms with Crippen LogP contribution in [-0.4, -0.2) is 16.3 Å². The molecule has 1 fully saturated rings. The zero-order valence-corrected chi connectivity index (χ0v) is 21.8. The van der Waals surface area contributed by atoms with Crippen molar-refractivity contribution in [3.63, 3.8) is 0 Å². The van der Waals surface area contributed by atoms with E-state index in [4.69, 9.17) is 10.5 Å². The van der Waals surface area contributed by atoms with Gasteiger partial charge in [0.05, 0.1) is 28.9 Å². The number of carbonyl (C=O) groups excluding carboxylic acids is 1. The van der Waals surface area contributed by atoms with E-state index in [1.807, 2.05) is 43.3 Å². The zero-order valence-electron chi connectivity index (χ0n) is 21.8. The normalized spacial score (nSPS) is 15.1. The largest absolute Gasteiger partial charge is 0.489 e. The number of ether oxygens (including phenoxy) is 1. The summed E-state index contributed by atoms with van der Waals surface area (Å²) in [4.78, 5) is 17.2. The molecule has 38 heavy (non-hydrogen) atoms. The summed E-state index contributed by atoms with van der Waals surface area (Å²) in [6, 6.07) is 23.0. The summed E-state index contributed by atoms with van der Waals surface area (Å²) in [5.41, 5.74) is 11.3. The van der Waals surface area contributed by atoms with Gasteiger partial charge in [0, 0.05) is 22.8 Å². The maximum atomic E-state index is 12.6. The highest BCUT2D eigenvalue weighted by Crippen LogP contribution is 2.38. The molecule has 1 heterocycles. The summed E-state index contributed by atoms with van der Waals surface area (Å²) in [6.45, 7) is 4.11. The number of aromatic nitrogens is 1.